The third-order valence-electron chi connectivity index (χ3n) is 5.62. The topological polar surface area (TPSA) is 107 Å². The number of carbonyl (C=O) groups is 2. The molecule has 1 saturated heterocycles. The second kappa shape index (κ2) is 10.8. The molecule has 1 aliphatic rings. The maximum atomic E-state index is 14.1. The van der Waals surface area contributed by atoms with Gasteiger partial charge in [-0.25, -0.2) is 18.6 Å². The van der Waals surface area contributed by atoms with Crippen molar-refractivity contribution in [2.24, 2.45) is 0 Å². The molecule has 0 unspecified atom stereocenters. The van der Waals surface area contributed by atoms with Gasteiger partial charge in [0.25, 0.3) is 5.91 Å². The fourth-order valence-electron chi connectivity index (χ4n) is 3.96. The number of aromatic nitrogens is 1. The lowest BCUT2D eigenvalue weighted by Gasteiger charge is -2.27. The molecule has 2 amide bonds. The van der Waals surface area contributed by atoms with E-state index in [0.717, 1.165) is 25.3 Å². The van der Waals surface area contributed by atoms with Crippen molar-refractivity contribution >= 4 is 17.7 Å². The lowest BCUT2D eigenvalue weighted by molar-refractivity contribution is -0.149. The summed E-state index contributed by atoms with van der Waals surface area (Å²) < 4.78 is 73.0. The highest BCUT2D eigenvalue weighted by Crippen LogP contribution is 2.38. The van der Waals surface area contributed by atoms with Crippen molar-refractivity contribution in [3.8, 4) is 17.2 Å². The number of nitriles is 1. The van der Waals surface area contributed by atoms with Gasteiger partial charge in [-0.15, -0.1) is 0 Å². The summed E-state index contributed by atoms with van der Waals surface area (Å²) in [5.41, 5.74) is -1.70. The Kier molecular flexibility index (Phi) is 8.14. The molecule has 1 aromatic carbocycles. The molecule has 0 saturated carbocycles. The number of hydrogen-bond donors (Lipinski definition) is 2. The van der Waals surface area contributed by atoms with Crippen LogP contribution in [0.3, 0.4) is 0 Å². The lowest BCUT2D eigenvalue weighted by atomic mass is 9.97. The van der Waals surface area contributed by atoms with Crippen LogP contribution >= 0.6 is 0 Å². The number of amides is 2. The fourth-order valence-corrected chi connectivity index (χ4v) is 3.96. The number of hydrogen-bond acceptors (Lipinski definition) is 6. The molecule has 13 heteroatoms. The SMILES string of the molecule is C[C@H](NC(=O)c1cnc(C#N)c(-c2cc(F)cc(F)c2)c1N1CC[C@H](NC(=O)OC(C)(C)C)C1)C(F)(F)F. The molecule has 0 spiro atoms. The number of carbonyl (C=O) groups excluding carboxylic acids is 2. The van der Waals surface area contributed by atoms with Crippen LogP contribution in [0, 0.1) is 23.0 Å². The maximum absolute atomic E-state index is 14.1. The van der Waals surface area contributed by atoms with Gasteiger partial charge in [0.05, 0.1) is 17.3 Å². The quantitative estimate of drug-likeness (QED) is 0.535. The van der Waals surface area contributed by atoms with Gasteiger partial charge in [0.2, 0.25) is 0 Å². The monoisotopic (exact) mass is 539 g/mol. The van der Waals surface area contributed by atoms with E-state index in [0.29, 0.717) is 12.5 Å². The molecule has 0 radical (unpaired) electrons. The highest BCUT2D eigenvalue weighted by Gasteiger charge is 2.38. The van der Waals surface area contributed by atoms with E-state index in [2.05, 4.69) is 10.3 Å². The molecule has 8 nitrogen and oxygen atoms in total. The van der Waals surface area contributed by atoms with Crippen molar-refractivity contribution in [2.75, 3.05) is 18.0 Å². The van der Waals surface area contributed by atoms with Gasteiger partial charge in [0.1, 0.15) is 35.0 Å². The number of alkyl carbamates (subject to hydrolysis) is 1. The van der Waals surface area contributed by atoms with Gasteiger partial charge in [-0.1, -0.05) is 0 Å². The predicted octanol–water partition coefficient (Wildman–Crippen LogP) is 4.68. The summed E-state index contributed by atoms with van der Waals surface area (Å²) in [7, 11) is 0. The number of halogens is 5. The van der Waals surface area contributed by atoms with Gasteiger partial charge in [0.15, 0.2) is 0 Å². The van der Waals surface area contributed by atoms with E-state index in [-0.39, 0.29) is 41.2 Å². The molecule has 1 aromatic heterocycles. The molecule has 2 atom stereocenters. The van der Waals surface area contributed by atoms with Crippen molar-refractivity contribution in [1.29, 1.82) is 5.26 Å². The van der Waals surface area contributed by atoms with Crippen LogP contribution in [-0.4, -0.2) is 53.9 Å². The third kappa shape index (κ3) is 6.87. The standard InChI is InChI=1S/C25H26F5N5O3/c1-13(25(28,29)30)33-22(36)18-11-32-19(10-31)20(14-7-15(26)9-16(27)8-14)21(18)35-6-5-17(12-35)34-23(37)38-24(2,3)4/h7-9,11,13,17H,5-6,12H2,1-4H3,(H,33,36)(H,34,37)/t13-,17-/m0/s1. The molecule has 0 aliphatic carbocycles. The number of nitrogens with one attached hydrogen (secondary N) is 2. The number of anilines is 1. The number of rotatable bonds is 5. The number of ether oxygens (including phenoxy) is 1. The van der Waals surface area contributed by atoms with Gasteiger partial charge in [-0.05, 0) is 51.8 Å². The Morgan fingerprint density at radius 2 is 1.82 bits per heavy atom. The molecule has 2 aromatic rings. The second-order valence-corrected chi connectivity index (χ2v) is 9.83. The first-order chi connectivity index (χ1) is 17.6. The Hall–Kier alpha value is -3.95. The van der Waals surface area contributed by atoms with E-state index in [9.17, 15) is 36.8 Å². The zero-order chi connectivity index (χ0) is 28.4. The minimum Gasteiger partial charge on any atom is -0.444 e. The molecule has 38 heavy (non-hydrogen) atoms. The summed E-state index contributed by atoms with van der Waals surface area (Å²) in [5.74, 6) is -3.09. The van der Waals surface area contributed by atoms with Crippen molar-refractivity contribution < 1.29 is 36.3 Å². The van der Waals surface area contributed by atoms with Gasteiger partial charge in [-0.2, -0.15) is 18.4 Å². The van der Waals surface area contributed by atoms with Gasteiger partial charge in [-0.3, -0.25) is 4.79 Å². The largest absolute Gasteiger partial charge is 0.444 e. The molecular weight excluding hydrogens is 513 g/mol. The Morgan fingerprint density at radius 1 is 1.18 bits per heavy atom. The van der Waals surface area contributed by atoms with Gasteiger partial charge >= 0.3 is 12.3 Å². The smallest absolute Gasteiger partial charge is 0.408 e. The molecule has 1 fully saturated rings. The molecule has 3 rings (SSSR count). The predicted molar refractivity (Wildman–Crippen MR) is 127 cm³/mol. The Bertz CT molecular complexity index is 1250. The molecule has 2 heterocycles. The first kappa shape index (κ1) is 28.6. The number of pyridine rings is 1. The number of benzene rings is 1. The van der Waals surface area contributed by atoms with E-state index >= 15 is 0 Å². The first-order valence-corrected chi connectivity index (χ1v) is 11.6. The molecular formula is C25H26F5N5O3. The van der Waals surface area contributed by atoms with E-state index < -0.39 is 47.5 Å². The van der Waals surface area contributed by atoms with Crippen LogP contribution in [0.4, 0.5) is 32.4 Å². The molecule has 204 valence electrons. The average Bonchev–Trinajstić information content (AvgIpc) is 3.23. The van der Waals surface area contributed by atoms with Crippen molar-refractivity contribution in [2.45, 2.75) is 58.0 Å². The van der Waals surface area contributed by atoms with Crippen LogP contribution in [0.25, 0.3) is 11.1 Å². The number of nitrogens with zero attached hydrogens (tertiary/aromatic N) is 3. The third-order valence-corrected chi connectivity index (χ3v) is 5.62. The fraction of sp³-hybridized carbons (Fsp3) is 0.440. The van der Waals surface area contributed by atoms with Crippen LogP contribution in [0.1, 0.15) is 50.2 Å². The van der Waals surface area contributed by atoms with Crippen molar-refractivity contribution in [3.05, 3.63) is 47.3 Å². The maximum Gasteiger partial charge on any atom is 0.408 e. The van der Waals surface area contributed by atoms with Gasteiger partial charge in [0, 0.05) is 30.9 Å². The van der Waals surface area contributed by atoms with Crippen LogP contribution in [-0.2, 0) is 4.74 Å². The summed E-state index contributed by atoms with van der Waals surface area (Å²) in [4.78, 5) is 30.7. The zero-order valence-corrected chi connectivity index (χ0v) is 21.0. The van der Waals surface area contributed by atoms with Crippen molar-refractivity contribution in [1.82, 2.24) is 15.6 Å². The minimum absolute atomic E-state index is 0.0399. The highest BCUT2D eigenvalue weighted by molar-refractivity contribution is 6.04. The van der Waals surface area contributed by atoms with Crippen LogP contribution in [0.2, 0.25) is 0 Å². The number of alkyl halides is 3. The minimum atomic E-state index is -4.74. The first-order valence-electron chi connectivity index (χ1n) is 11.6. The highest BCUT2D eigenvalue weighted by atomic mass is 19.4. The summed E-state index contributed by atoms with van der Waals surface area (Å²) >= 11 is 0. The normalized spacial score (nSPS) is 16.5. The molecule has 0 bridgehead atoms. The zero-order valence-electron chi connectivity index (χ0n) is 21.0. The average molecular weight is 540 g/mol. The Balaban J connectivity index is 2.09. The van der Waals surface area contributed by atoms with E-state index in [1.165, 1.54) is 0 Å². The van der Waals surface area contributed by atoms with E-state index in [4.69, 9.17) is 4.74 Å². The second-order valence-electron chi connectivity index (χ2n) is 9.83. The van der Waals surface area contributed by atoms with Crippen LogP contribution in [0.5, 0.6) is 0 Å². The van der Waals surface area contributed by atoms with E-state index in [1.54, 1.807) is 25.7 Å². The lowest BCUT2D eigenvalue weighted by Crippen LogP contribution is -2.44. The van der Waals surface area contributed by atoms with Gasteiger partial charge < -0.3 is 20.3 Å². The Labute approximate surface area is 215 Å². The summed E-state index contributed by atoms with van der Waals surface area (Å²) in [6.07, 6.45) is -4.14. The molecule has 1 aliphatic heterocycles. The summed E-state index contributed by atoms with van der Waals surface area (Å²) in [6, 6.07) is 1.57. The molecule has 2 N–H and O–H groups in total. The summed E-state index contributed by atoms with van der Waals surface area (Å²) in [5, 5.41) is 14.3. The van der Waals surface area contributed by atoms with E-state index in [1.807, 2.05) is 11.4 Å². The van der Waals surface area contributed by atoms with Crippen LogP contribution < -0.4 is 15.5 Å². The van der Waals surface area contributed by atoms with Crippen molar-refractivity contribution in [3.63, 3.8) is 0 Å². The summed E-state index contributed by atoms with van der Waals surface area (Å²) in [6.45, 7) is 6.07. The Morgan fingerprint density at radius 3 is 2.37 bits per heavy atom. The van der Waals surface area contributed by atoms with Crippen LogP contribution in [0.15, 0.2) is 24.4 Å².